The van der Waals surface area contributed by atoms with Gasteiger partial charge in [0.25, 0.3) is 0 Å². The Hall–Kier alpha value is -2.80. The lowest BCUT2D eigenvalue weighted by molar-refractivity contribution is -0.318. The zero-order valence-electron chi connectivity index (χ0n) is 20.9. The molecular weight excluding hydrogens is 452 g/mol. The molecule has 190 valence electrons. The third-order valence-electron chi connectivity index (χ3n) is 6.33. The van der Waals surface area contributed by atoms with Crippen LogP contribution in [0.3, 0.4) is 0 Å². The van der Waals surface area contributed by atoms with Crippen LogP contribution in [-0.2, 0) is 43.5 Å². The Bertz CT molecular complexity index is 1010. The van der Waals surface area contributed by atoms with Crippen LogP contribution in [0.2, 0.25) is 0 Å². The molecular formula is C31H36O5. The van der Waals surface area contributed by atoms with Gasteiger partial charge in [0.1, 0.15) is 18.3 Å². The first-order valence-electron chi connectivity index (χ1n) is 12.5. The van der Waals surface area contributed by atoms with Crippen LogP contribution in [0.25, 0.3) is 0 Å². The summed E-state index contributed by atoms with van der Waals surface area (Å²) >= 11 is 0. The molecule has 0 saturated carbocycles. The molecule has 1 fully saturated rings. The first-order chi connectivity index (χ1) is 17.8. The van der Waals surface area contributed by atoms with Crippen LogP contribution in [-0.4, -0.2) is 37.8 Å². The fourth-order valence-corrected chi connectivity index (χ4v) is 4.45. The molecule has 0 radical (unpaired) electrons. The van der Waals surface area contributed by atoms with Gasteiger partial charge in [0, 0.05) is 7.11 Å². The minimum absolute atomic E-state index is 0.228. The summed E-state index contributed by atoms with van der Waals surface area (Å²) in [6, 6.07) is 30.4. The topological polar surface area (TPSA) is 46.2 Å². The number of allylic oxidation sites excluding steroid dienone is 1. The lowest BCUT2D eigenvalue weighted by Crippen LogP contribution is -2.60. The van der Waals surface area contributed by atoms with E-state index in [1.54, 1.807) is 7.11 Å². The first-order valence-corrected chi connectivity index (χ1v) is 12.5. The Labute approximate surface area is 214 Å². The van der Waals surface area contributed by atoms with Gasteiger partial charge in [-0.05, 0) is 29.5 Å². The van der Waals surface area contributed by atoms with Gasteiger partial charge in [-0.15, -0.1) is 6.58 Å². The molecule has 1 unspecified atom stereocenters. The Morgan fingerprint density at radius 3 is 1.56 bits per heavy atom. The lowest BCUT2D eigenvalue weighted by atomic mass is 9.94. The highest BCUT2D eigenvalue weighted by atomic mass is 16.7. The van der Waals surface area contributed by atoms with Crippen LogP contribution in [0.1, 0.15) is 29.5 Å². The predicted octanol–water partition coefficient (Wildman–Crippen LogP) is 6.08. The number of methoxy groups -OCH3 is 1. The van der Waals surface area contributed by atoms with Gasteiger partial charge >= 0.3 is 0 Å². The summed E-state index contributed by atoms with van der Waals surface area (Å²) in [5.41, 5.74) is 3.26. The van der Waals surface area contributed by atoms with E-state index in [4.69, 9.17) is 23.7 Å². The Morgan fingerprint density at radius 1 is 0.667 bits per heavy atom. The standard InChI is InChI=1S/C31H36O5/c1-3-4-20-27-28(33-21-24-14-8-5-9-15-24)29(34-22-25-16-10-6-11-17-25)30(31(32-2)36-27)35-23-26-18-12-7-13-19-26/h3,5-19,27-31H,1,4,20-23H2,2H3/t27-,28-,29?,30-,31+/m1/s1. The summed E-state index contributed by atoms with van der Waals surface area (Å²) in [5.74, 6) is 0. The van der Waals surface area contributed by atoms with Gasteiger partial charge in [-0.3, -0.25) is 0 Å². The molecule has 5 heteroatoms. The molecule has 1 heterocycles. The fraction of sp³-hybridized carbons (Fsp3) is 0.355. The second kappa shape index (κ2) is 14.1. The number of ether oxygens (including phenoxy) is 5. The highest BCUT2D eigenvalue weighted by Crippen LogP contribution is 2.32. The van der Waals surface area contributed by atoms with Gasteiger partial charge in [0.05, 0.1) is 25.9 Å². The van der Waals surface area contributed by atoms with Crippen LogP contribution in [0, 0.1) is 0 Å². The predicted molar refractivity (Wildman–Crippen MR) is 140 cm³/mol. The molecule has 0 aliphatic carbocycles. The van der Waals surface area contributed by atoms with Gasteiger partial charge < -0.3 is 23.7 Å². The summed E-state index contributed by atoms with van der Waals surface area (Å²) in [6.45, 7) is 5.20. The summed E-state index contributed by atoms with van der Waals surface area (Å²) in [7, 11) is 1.65. The second-order valence-electron chi connectivity index (χ2n) is 8.93. The van der Waals surface area contributed by atoms with Gasteiger partial charge in [0.2, 0.25) is 0 Å². The molecule has 1 saturated heterocycles. The largest absolute Gasteiger partial charge is 0.368 e. The molecule has 3 aromatic carbocycles. The van der Waals surface area contributed by atoms with E-state index in [0.717, 1.165) is 29.5 Å². The molecule has 1 aliphatic heterocycles. The Balaban J connectivity index is 1.59. The third kappa shape index (κ3) is 7.36. The van der Waals surface area contributed by atoms with Crippen LogP contribution >= 0.6 is 0 Å². The molecule has 0 amide bonds. The van der Waals surface area contributed by atoms with E-state index in [1.807, 2.05) is 72.8 Å². The number of hydrogen-bond donors (Lipinski definition) is 0. The Kier molecular flexibility index (Phi) is 10.3. The van der Waals surface area contributed by atoms with E-state index in [1.165, 1.54) is 0 Å². The molecule has 1 aliphatic rings. The molecule has 4 rings (SSSR count). The first kappa shape index (κ1) is 26.3. The van der Waals surface area contributed by atoms with Gasteiger partial charge in [0.15, 0.2) is 6.29 Å². The fourth-order valence-electron chi connectivity index (χ4n) is 4.45. The lowest BCUT2D eigenvalue weighted by Gasteiger charge is -2.45. The minimum atomic E-state index is -0.583. The van der Waals surface area contributed by atoms with Crippen LogP contribution in [0.15, 0.2) is 104 Å². The van der Waals surface area contributed by atoms with Crippen molar-refractivity contribution in [1.82, 2.24) is 0 Å². The van der Waals surface area contributed by atoms with Crippen molar-refractivity contribution < 1.29 is 23.7 Å². The summed E-state index contributed by atoms with van der Waals surface area (Å²) < 4.78 is 31.8. The maximum absolute atomic E-state index is 6.58. The van der Waals surface area contributed by atoms with Crippen molar-refractivity contribution in [2.75, 3.05) is 7.11 Å². The molecule has 0 bridgehead atoms. The van der Waals surface area contributed by atoms with Crippen molar-refractivity contribution in [1.29, 1.82) is 0 Å². The van der Waals surface area contributed by atoms with Crippen molar-refractivity contribution in [2.45, 2.75) is 63.4 Å². The number of hydrogen-bond acceptors (Lipinski definition) is 5. The van der Waals surface area contributed by atoms with Crippen molar-refractivity contribution in [2.24, 2.45) is 0 Å². The van der Waals surface area contributed by atoms with Crippen LogP contribution < -0.4 is 0 Å². The zero-order valence-corrected chi connectivity index (χ0v) is 20.9. The number of benzene rings is 3. The van der Waals surface area contributed by atoms with E-state index in [9.17, 15) is 0 Å². The molecule has 3 aromatic rings. The van der Waals surface area contributed by atoms with Crippen LogP contribution in [0.4, 0.5) is 0 Å². The second-order valence-corrected chi connectivity index (χ2v) is 8.93. The highest BCUT2D eigenvalue weighted by Gasteiger charge is 2.48. The summed E-state index contributed by atoms with van der Waals surface area (Å²) in [4.78, 5) is 0. The smallest absolute Gasteiger partial charge is 0.186 e. The average molecular weight is 489 g/mol. The minimum Gasteiger partial charge on any atom is -0.368 e. The molecule has 0 spiro atoms. The molecule has 5 atom stereocenters. The van der Waals surface area contributed by atoms with Crippen molar-refractivity contribution in [3.63, 3.8) is 0 Å². The van der Waals surface area contributed by atoms with Crippen molar-refractivity contribution in [3.8, 4) is 0 Å². The quantitative estimate of drug-likeness (QED) is 0.273. The van der Waals surface area contributed by atoms with Gasteiger partial charge in [-0.25, -0.2) is 0 Å². The number of rotatable bonds is 13. The molecule has 36 heavy (non-hydrogen) atoms. The maximum Gasteiger partial charge on any atom is 0.186 e. The molecule has 5 nitrogen and oxygen atoms in total. The van der Waals surface area contributed by atoms with Crippen molar-refractivity contribution in [3.05, 3.63) is 120 Å². The normalized spacial score (nSPS) is 23.9. The van der Waals surface area contributed by atoms with Crippen LogP contribution in [0.5, 0.6) is 0 Å². The third-order valence-corrected chi connectivity index (χ3v) is 6.33. The van der Waals surface area contributed by atoms with E-state index in [0.29, 0.717) is 19.8 Å². The monoisotopic (exact) mass is 488 g/mol. The van der Waals surface area contributed by atoms with E-state index in [2.05, 4.69) is 30.8 Å². The van der Waals surface area contributed by atoms with Gasteiger partial charge in [-0.1, -0.05) is 97.1 Å². The van der Waals surface area contributed by atoms with E-state index in [-0.39, 0.29) is 12.2 Å². The van der Waals surface area contributed by atoms with Gasteiger partial charge in [-0.2, -0.15) is 0 Å². The zero-order chi connectivity index (χ0) is 25.0. The van der Waals surface area contributed by atoms with E-state index < -0.39 is 18.5 Å². The van der Waals surface area contributed by atoms with E-state index >= 15 is 0 Å². The SMILES string of the molecule is C=CCC[C@H]1O[C@H](OC)[C@H](OCc2ccccc2)C(OCc2ccccc2)[C@@H]1OCc1ccccc1. The highest BCUT2D eigenvalue weighted by molar-refractivity contribution is 5.15. The summed E-state index contributed by atoms with van der Waals surface area (Å²) in [6.07, 6.45) is 1.42. The molecule has 0 N–H and O–H groups in total. The molecule has 0 aromatic heterocycles. The maximum atomic E-state index is 6.58. The van der Waals surface area contributed by atoms with Crippen molar-refractivity contribution >= 4 is 0 Å². The average Bonchev–Trinajstić information content (AvgIpc) is 2.94. The Morgan fingerprint density at radius 2 is 1.11 bits per heavy atom. The summed E-state index contributed by atoms with van der Waals surface area (Å²) in [5, 5.41) is 0.